The SMILES string of the molecule is Cc1ccc(OCCSC(N)=NC[C@H]2CCCO2)cc1. The van der Waals surface area contributed by atoms with Crippen LogP contribution in [0.25, 0.3) is 0 Å². The molecule has 0 aromatic heterocycles. The van der Waals surface area contributed by atoms with Gasteiger partial charge in [0.1, 0.15) is 5.75 Å². The molecule has 0 bridgehead atoms. The molecule has 110 valence electrons. The van der Waals surface area contributed by atoms with Crippen LogP contribution in [0, 0.1) is 6.92 Å². The van der Waals surface area contributed by atoms with Crippen molar-refractivity contribution in [3.8, 4) is 5.75 Å². The summed E-state index contributed by atoms with van der Waals surface area (Å²) >= 11 is 1.53. The Labute approximate surface area is 124 Å². The maximum Gasteiger partial charge on any atom is 0.154 e. The van der Waals surface area contributed by atoms with Gasteiger partial charge in [-0.15, -0.1) is 0 Å². The number of amidine groups is 1. The van der Waals surface area contributed by atoms with Gasteiger partial charge in [-0.05, 0) is 31.9 Å². The van der Waals surface area contributed by atoms with Crippen molar-refractivity contribution in [3.63, 3.8) is 0 Å². The highest BCUT2D eigenvalue weighted by atomic mass is 32.2. The van der Waals surface area contributed by atoms with Gasteiger partial charge in [0.25, 0.3) is 0 Å². The molecule has 1 atom stereocenters. The number of ether oxygens (including phenoxy) is 2. The van der Waals surface area contributed by atoms with E-state index in [2.05, 4.69) is 11.9 Å². The van der Waals surface area contributed by atoms with Gasteiger partial charge in [0.2, 0.25) is 0 Å². The fourth-order valence-corrected chi connectivity index (χ4v) is 2.51. The Morgan fingerprint density at radius 2 is 2.25 bits per heavy atom. The molecule has 1 aliphatic rings. The van der Waals surface area contributed by atoms with Crippen molar-refractivity contribution in [1.29, 1.82) is 0 Å². The monoisotopic (exact) mass is 294 g/mol. The number of hydrogen-bond donors (Lipinski definition) is 1. The van der Waals surface area contributed by atoms with Crippen LogP contribution >= 0.6 is 11.8 Å². The maximum absolute atomic E-state index is 5.85. The second kappa shape index (κ2) is 8.17. The molecule has 1 aromatic rings. The molecular formula is C15H22N2O2S. The second-order valence-electron chi connectivity index (χ2n) is 4.82. The molecule has 1 aliphatic heterocycles. The molecule has 20 heavy (non-hydrogen) atoms. The van der Waals surface area contributed by atoms with Gasteiger partial charge in [-0.25, -0.2) is 0 Å². The molecule has 0 radical (unpaired) electrons. The normalized spacial score (nSPS) is 19.2. The van der Waals surface area contributed by atoms with Crippen LogP contribution in [0.5, 0.6) is 5.75 Å². The Bertz CT molecular complexity index is 428. The molecule has 0 saturated carbocycles. The molecule has 1 fully saturated rings. The number of benzene rings is 1. The summed E-state index contributed by atoms with van der Waals surface area (Å²) in [5, 5.41) is 0.619. The molecule has 1 saturated heterocycles. The largest absolute Gasteiger partial charge is 0.493 e. The first-order valence-electron chi connectivity index (χ1n) is 6.98. The first-order chi connectivity index (χ1) is 9.74. The summed E-state index contributed by atoms with van der Waals surface area (Å²) in [5.41, 5.74) is 7.09. The summed E-state index contributed by atoms with van der Waals surface area (Å²) in [6.07, 6.45) is 2.49. The molecule has 1 heterocycles. The van der Waals surface area contributed by atoms with E-state index < -0.39 is 0 Å². The summed E-state index contributed by atoms with van der Waals surface area (Å²) in [5.74, 6) is 1.69. The highest BCUT2D eigenvalue weighted by Crippen LogP contribution is 2.13. The molecule has 2 N–H and O–H groups in total. The summed E-state index contributed by atoms with van der Waals surface area (Å²) in [4.78, 5) is 4.34. The van der Waals surface area contributed by atoms with Gasteiger partial charge in [0, 0.05) is 12.4 Å². The number of aryl methyl sites for hydroxylation is 1. The average molecular weight is 294 g/mol. The van der Waals surface area contributed by atoms with E-state index in [0.29, 0.717) is 18.3 Å². The molecule has 4 nitrogen and oxygen atoms in total. The lowest BCUT2D eigenvalue weighted by molar-refractivity contribution is 0.118. The topological polar surface area (TPSA) is 56.8 Å². The first-order valence-corrected chi connectivity index (χ1v) is 7.96. The fraction of sp³-hybridized carbons (Fsp3) is 0.533. The summed E-state index contributed by atoms with van der Waals surface area (Å²) < 4.78 is 11.1. The number of rotatable bonds is 6. The highest BCUT2D eigenvalue weighted by Gasteiger charge is 2.14. The smallest absolute Gasteiger partial charge is 0.154 e. The standard InChI is InChI=1S/C15H22N2O2S/c1-12-4-6-13(7-5-12)19-9-10-20-15(16)17-11-14-3-2-8-18-14/h4-7,14H,2-3,8-11H2,1H3,(H2,16,17)/t14-/m1/s1. The molecule has 1 aromatic carbocycles. The Morgan fingerprint density at radius 1 is 1.45 bits per heavy atom. The zero-order valence-electron chi connectivity index (χ0n) is 11.9. The van der Waals surface area contributed by atoms with E-state index in [9.17, 15) is 0 Å². The number of aliphatic imine (C=N–C) groups is 1. The van der Waals surface area contributed by atoms with Crippen molar-refractivity contribution < 1.29 is 9.47 Å². The van der Waals surface area contributed by atoms with Crippen molar-refractivity contribution in [3.05, 3.63) is 29.8 Å². The summed E-state index contributed by atoms with van der Waals surface area (Å²) in [7, 11) is 0. The van der Waals surface area contributed by atoms with E-state index >= 15 is 0 Å². The summed E-state index contributed by atoms with van der Waals surface area (Å²) in [6.45, 7) is 4.23. The van der Waals surface area contributed by atoms with Crippen LogP contribution < -0.4 is 10.5 Å². The minimum Gasteiger partial charge on any atom is -0.493 e. The molecular weight excluding hydrogens is 272 g/mol. The predicted molar refractivity (Wildman–Crippen MR) is 84.6 cm³/mol. The minimum absolute atomic E-state index is 0.262. The first kappa shape index (κ1) is 15.2. The van der Waals surface area contributed by atoms with Gasteiger partial charge in [-0.1, -0.05) is 29.5 Å². The number of nitrogens with zero attached hydrogens (tertiary/aromatic N) is 1. The van der Waals surface area contributed by atoms with Crippen molar-refractivity contribution in [2.45, 2.75) is 25.9 Å². The molecule has 0 aliphatic carbocycles. The van der Waals surface area contributed by atoms with Crippen LogP contribution in [-0.4, -0.2) is 36.8 Å². The van der Waals surface area contributed by atoms with E-state index in [1.807, 2.05) is 24.3 Å². The lowest BCUT2D eigenvalue weighted by Gasteiger charge is -2.07. The Hall–Kier alpha value is -1.20. The van der Waals surface area contributed by atoms with E-state index in [1.54, 1.807) is 0 Å². The van der Waals surface area contributed by atoms with Crippen molar-refractivity contribution in [2.75, 3.05) is 25.5 Å². The lowest BCUT2D eigenvalue weighted by atomic mass is 10.2. The number of nitrogens with two attached hydrogens (primary N) is 1. The van der Waals surface area contributed by atoms with Crippen molar-refractivity contribution in [1.82, 2.24) is 0 Å². The van der Waals surface area contributed by atoms with E-state index in [-0.39, 0.29) is 6.10 Å². The zero-order chi connectivity index (χ0) is 14.2. The van der Waals surface area contributed by atoms with Gasteiger partial charge < -0.3 is 15.2 Å². The van der Waals surface area contributed by atoms with Gasteiger partial charge in [-0.3, -0.25) is 4.99 Å². The van der Waals surface area contributed by atoms with Crippen molar-refractivity contribution >= 4 is 16.9 Å². The van der Waals surface area contributed by atoms with E-state index in [4.69, 9.17) is 15.2 Å². The summed E-state index contributed by atoms with van der Waals surface area (Å²) in [6, 6.07) is 8.05. The third kappa shape index (κ3) is 5.43. The maximum atomic E-state index is 5.85. The Balaban J connectivity index is 1.59. The van der Waals surface area contributed by atoms with Crippen LogP contribution in [0.2, 0.25) is 0 Å². The van der Waals surface area contributed by atoms with Gasteiger partial charge in [0.15, 0.2) is 5.17 Å². The Kier molecular flexibility index (Phi) is 6.21. The van der Waals surface area contributed by atoms with Crippen molar-refractivity contribution in [2.24, 2.45) is 10.7 Å². The predicted octanol–water partition coefficient (Wildman–Crippen LogP) is 2.60. The zero-order valence-corrected chi connectivity index (χ0v) is 12.7. The van der Waals surface area contributed by atoms with Gasteiger partial charge in [0.05, 0.1) is 19.3 Å². The molecule has 0 unspecified atom stereocenters. The minimum atomic E-state index is 0.262. The van der Waals surface area contributed by atoms with Crippen LogP contribution in [0.3, 0.4) is 0 Å². The van der Waals surface area contributed by atoms with E-state index in [0.717, 1.165) is 31.0 Å². The van der Waals surface area contributed by atoms with Crippen LogP contribution in [0.4, 0.5) is 0 Å². The fourth-order valence-electron chi connectivity index (χ4n) is 1.97. The van der Waals surface area contributed by atoms with Gasteiger partial charge in [-0.2, -0.15) is 0 Å². The van der Waals surface area contributed by atoms with Crippen LogP contribution in [-0.2, 0) is 4.74 Å². The lowest BCUT2D eigenvalue weighted by Crippen LogP contribution is -2.15. The number of hydrogen-bond acceptors (Lipinski definition) is 4. The Morgan fingerprint density at radius 3 is 2.95 bits per heavy atom. The molecule has 0 amide bonds. The van der Waals surface area contributed by atoms with E-state index in [1.165, 1.54) is 17.3 Å². The van der Waals surface area contributed by atoms with Crippen LogP contribution in [0.1, 0.15) is 18.4 Å². The third-order valence-corrected chi connectivity index (χ3v) is 3.89. The van der Waals surface area contributed by atoms with Crippen LogP contribution in [0.15, 0.2) is 29.3 Å². The second-order valence-corrected chi connectivity index (χ2v) is 5.94. The average Bonchev–Trinajstić information content (AvgIpc) is 2.96. The molecule has 5 heteroatoms. The molecule has 0 spiro atoms. The highest BCUT2D eigenvalue weighted by molar-refractivity contribution is 8.13. The molecule has 2 rings (SSSR count). The third-order valence-electron chi connectivity index (χ3n) is 3.10. The quantitative estimate of drug-likeness (QED) is 0.498. The van der Waals surface area contributed by atoms with Gasteiger partial charge >= 0.3 is 0 Å². The number of thioether (sulfide) groups is 1.